The second kappa shape index (κ2) is 5.95. The molecule has 0 bridgehead atoms. The number of nitrogens with zero attached hydrogens (tertiary/aromatic N) is 1. The monoisotopic (exact) mass is 349 g/mol. The molecule has 0 radical (unpaired) electrons. The molecule has 1 aliphatic heterocycles. The summed E-state index contributed by atoms with van der Waals surface area (Å²) < 4.78 is 52.8. The van der Waals surface area contributed by atoms with Gasteiger partial charge in [0.1, 0.15) is 6.04 Å². The Morgan fingerprint density at radius 2 is 1.82 bits per heavy atom. The van der Waals surface area contributed by atoms with E-state index in [1.54, 1.807) is 6.07 Å². The maximum absolute atomic E-state index is 12.5. The smallest absolute Gasteiger partial charge is 0.322 e. The topological polar surface area (TPSA) is 118 Å². The van der Waals surface area contributed by atoms with Gasteiger partial charge in [0.25, 0.3) is 10.1 Å². The lowest BCUT2D eigenvalue weighted by Gasteiger charge is -2.20. The van der Waals surface area contributed by atoms with Gasteiger partial charge in [-0.05, 0) is 12.1 Å². The van der Waals surface area contributed by atoms with Crippen molar-refractivity contribution in [3.63, 3.8) is 0 Å². The van der Waals surface area contributed by atoms with Crippen LogP contribution < -0.4 is 0 Å². The first-order chi connectivity index (χ1) is 10.1. The summed E-state index contributed by atoms with van der Waals surface area (Å²) >= 11 is 0. The highest BCUT2D eigenvalue weighted by Gasteiger charge is 2.45. The Balaban J connectivity index is 2.34. The van der Waals surface area contributed by atoms with E-state index in [0.717, 1.165) is 10.6 Å². The molecule has 1 aromatic carbocycles. The lowest BCUT2D eigenvalue weighted by atomic mass is 10.2. The number of sulfonamides is 1. The maximum atomic E-state index is 12.5. The molecule has 8 nitrogen and oxygen atoms in total. The van der Waals surface area contributed by atoms with Gasteiger partial charge in [0, 0.05) is 13.0 Å². The highest BCUT2D eigenvalue weighted by molar-refractivity contribution is 7.89. The zero-order valence-corrected chi connectivity index (χ0v) is 13.2. The largest absolute Gasteiger partial charge is 0.480 e. The first kappa shape index (κ1) is 16.9. The number of benzene rings is 1. The molecule has 22 heavy (non-hydrogen) atoms. The van der Waals surface area contributed by atoms with E-state index in [9.17, 15) is 26.7 Å². The Bertz CT molecular complexity index is 758. The van der Waals surface area contributed by atoms with Crippen LogP contribution in [0.3, 0.4) is 0 Å². The molecule has 0 spiro atoms. The van der Waals surface area contributed by atoms with Gasteiger partial charge in [-0.2, -0.15) is 12.7 Å². The van der Waals surface area contributed by atoms with Crippen molar-refractivity contribution in [1.82, 2.24) is 4.31 Å². The van der Waals surface area contributed by atoms with E-state index in [1.807, 2.05) is 0 Å². The Morgan fingerprint density at radius 3 is 2.32 bits per heavy atom. The Kier molecular flexibility index (Phi) is 4.57. The van der Waals surface area contributed by atoms with E-state index >= 15 is 0 Å². The molecule has 1 N–H and O–H groups in total. The van der Waals surface area contributed by atoms with Crippen molar-refractivity contribution in [1.29, 1.82) is 0 Å². The molecule has 0 saturated carbocycles. The van der Waals surface area contributed by atoms with E-state index in [-0.39, 0.29) is 17.9 Å². The quantitative estimate of drug-likeness (QED) is 0.736. The van der Waals surface area contributed by atoms with Gasteiger partial charge in [-0.25, -0.2) is 8.42 Å². The van der Waals surface area contributed by atoms with Crippen LogP contribution in [-0.2, 0) is 29.1 Å². The van der Waals surface area contributed by atoms with Gasteiger partial charge in [0.2, 0.25) is 10.0 Å². The van der Waals surface area contributed by atoms with E-state index in [4.69, 9.17) is 4.18 Å². The van der Waals surface area contributed by atoms with Crippen molar-refractivity contribution in [3.8, 4) is 0 Å². The second-order valence-electron chi connectivity index (χ2n) is 4.90. The van der Waals surface area contributed by atoms with Crippen molar-refractivity contribution < 1.29 is 30.9 Å². The fourth-order valence-corrected chi connectivity index (χ4v) is 4.58. The molecule has 0 aromatic heterocycles. The van der Waals surface area contributed by atoms with Crippen molar-refractivity contribution in [2.24, 2.45) is 0 Å². The van der Waals surface area contributed by atoms with Crippen LogP contribution in [-0.4, -0.2) is 57.2 Å². The van der Waals surface area contributed by atoms with Crippen LogP contribution in [0.5, 0.6) is 0 Å². The summed E-state index contributed by atoms with van der Waals surface area (Å²) in [4.78, 5) is 11.2. The number of hydrogen-bond donors (Lipinski definition) is 1. The van der Waals surface area contributed by atoms with Crippen LogP contribution >= 0.6 is 0 Å². The zero-order chi connectivity index (χ0) is 16.5. The normalized spacial score (nSPS) is 23.5. The molecule has 1 unspecified atom stereocenters. The summed E-state index contributed by atoms with van der Waals surface area (Å²) in [5.41, 5.74) is 0. The zero-order valence-electron chi connectivity index (χ0n) is 11.6. The van der Waals surface area contributed by atoms with Crippen LogP contribution in [0.2, 0.25) is 0 Å². The molecule has 2 rings (SSSR count). The molecule has 0 amide bonds. The van der Waals surface area contributed by atoms with Gasteiger partial charge in [-0.3, -0.25) is 8.98 Å². The summed E-state index contributed by atoms with van der Waals surface area (Å²) in [7, 11) is -7.85. The predicted octanol–water partition coefficient (Wildman–Crippen LogP) is -0.121. The van der Waals surface area contributed by atoms with Gasteiger partial charge in [-0.1, -0.05) is 18.2 Å². The van der Waals surface area contributed by atoms with Crippen LogP contribution in [0.4, 0.5) is 0 Å². The molecule has 0 aliphatic carbocycles. The van der Waals surface area contributed by atoms with Crippen molar-refractivity contribution in [3.05, 3.63) is 30.3 Å². The SMILES string of the molecule is CS(=O)(=O)OC1C[C@@H](C(=O)O)N(S(=O)(=O)c2ccccc2)C1. The third kappa shape index (κ3) is 3.64. The van der Waals surface area contributed by atoms with Crippen LogP contribution in [0.1, 0.15) is 6.42 Å². The molecule has 1 saturated heterocycles. The molecule has 10 heteroatoms. The van der Waals surface area contributed by atoms with Crippen molar-refractivity contribution in [2.75, 3.05) is 12.8 Å². The number of carboxylic acids is 1. The van der Waals surface area contributed by atoms with E-state index in [2.05, 4.69) is 0 Å². The van der Waals surface area contributed by atoms with Gasteiger partial charge in [-0.15, -0.1) is 0 Å². The summed E-state index contributed by atoms with van der Waals surface area (Å²) in [6.07, 6.45) is -0.416. The van der Waals surface area contributed by atoms with E-state index < -0.39 is 38.3 Å². The average Bonchev–Trinajstić information content (AvgIpc) is 2.82. The van der Waals surface area contributed by atoms with Gasteiger partial charge in [0.15, 0.2) is 0 Å². The van der Waals surface area contributed by atoms with E-state index in [1.165, 1.54) is 24.3 Å². The minimum atomic E-state index is -4.04. The first-order valence-corrected chi connectivity index (χ1v) is 9.55. The molecule has 1 aromatic rings. The molecular formula is C12H15NO7S2. The summed E-state index contributed by atoms with van der Waals surface area (Å²) in [5.74, 6) is -1.35. The predicted molar refractivity (Wildman–Crippen MR) is 76.1 cm³/mol. The second-order valence-corrected chi connectivity index (χ2v) is 8.39. The third-order valence-corrected chi connectivity index (χ3v) is 5.67. The first-order valence-electron chi connectivity index (χ1n) is 6.29. The van der Waals surface area contributed by atoms with Crippen molar-refractivity contribution >= 4 is 26.1 Å². The number of carboxylic acid groups (broad SMARTS) is 1. The van der Waals surface area contributed by atoms with Crippen molar-refractivity contribution in [2.45, 2.75) is 23.5 Å². The molecular weight excluding hydrogens is 334 g/mol. The summed E-state index contributed by atoms with van der Waals surface area (Å²) in [5, 5.41) is 9.20. The highest BCUT2D eigenvalue weighted by atomic mass is 32.2. The number of rotatable bonds is 5. The Morgan fingerprint density at radius 1 is 1.23 bits per heavy atom. The molecule has 1 fully saturated rings. The minimum Gasteiger partial charge on any atom is -0.480 e. The highest BCUT2D eigenvalue weighted by Crippen LogP contribution is 2.28. The van der Waals surface area contributed by atoms with Gasteiger partial charge >= 0.3 is 5.97 Å². The van der Waals surface area contributed by atoms with Gasteiger partial charge in [0.05, 0.1) is 17.3 Å². The Hall–Kier alpha value is -1.49. The third-order valence-electron chi connectivity index (χ3n) is 3.16. The fourth-order valence-electron chi connectivity index (χ4n) is 2.30. The van der Waals surface area contributed by atoms with Crippen LogP contribution in [0.15, 0.2) is 35.2 Å². The number of carbonyl (C=O) groups is 1. The molecule has 122 valence electrons. The number of aliphatic carboxylic acids is 1. The summed E-state index contributed by atoms with van der Waals surface area (Å²) in [6.45, 7) is -0.332. The minimum absolute atomic E-state index is 0.0544. The maximum Gasteiger partial charge on any atom is 0.322 e. The average molecular weight is 349 g/mol. The fraction of sp³-hybridized carbons (Fsp3) is 0.417. The summed E-state index contributed by atoms with van der Waals surface area (Å²) in [6, 6.07) is 5.99. The Labute approximate surface area is 128 Å². The molecule has 2 atom stereocenters. The lowest BCUT2D eigenvalue weighted by Crippen LogP contribution is -2.40. The van der Waals surface area contributed by atoms with Crippen LogP contribution in [0.25, 0.3) is 0 Å². The number of hydrogen-bond acceptors (Lipinski definition) is 6. The van der Waals surface area contributed by atoms with E-state index in [0.29, 0.717) is 0 Å². The standard InChI is InChI=1S/C12H15NO7S2/c1-21(16,17)20-9-7-11(12(14)15)13(8-9)22(18,19)10-5-3-2-4-6-10/h2-6,9,11H,7-8H2,1H3,(H,14,15)/t9?,11-/m0/s1. The molecule has 1 heterocycles. The molecule has 1 aliphatic rings. The lowest BCUT2D eigenvalue weighted by molar-refractivity contribution is -0.140. The van der Waals surface area contributed by atoms with Gasteiger partial charge < -0.3 is 5.11 Å². The van der Waals surface area contributed by atoms with Crippen LogP contribution in [0, 0.1) is 0 Å².